The van der Waals surface area contributed by atoms with E-state index in [9.17, 15) is 13.2 Å². The first-order valence-electron chi connectivity index (χ1n) is 8.19. The Kier molecular flexibility index (Phi) is 6.18. The van der Waals surface area contributed by atoms with E-state index in [-0.39, 0.29) is 24.9 Å². The van der Waals surface area contributed by atoms with Gasteiger partial charge in [-0.2, -0.15) is 4.31 Å². The van der Waals surface area contributed by atoms with E-state index in [0.29, 0.717) is 0 Å². The van der Waals surface area contributed by atoms with Crippen molar-refractivity contribution in [1.82, 2.24) is 9.21 Å². The summed E-state index contributed by atoms with van der Waals surface area (Å²) in [7, 11) is -3.38. The maximum Gasteiger partial charge on any atom is 0.223 e. The molecule has 0 spiro atoms. The Labute approximate surface area is 139 Å². The van der Waals surface area contributed by atoms with Gasteiger partial charge in [-0.25, -0.2) is 8.42 Å². The molecule has 2 rings (SSSR count). The number of nitrogens with zero attached hydrogens (tertiary/aromatic N) is 2. The summed E-state index contributed by atoms with van der Waals surface area (Å²) in [5, 5.41) is 0. The molecule has 1 fully saturated rings. The van der Waals surface area contributed by atoms with Gasteiger partial charge in [0.05, 0.1) is 6.26 Å². The second-order valence-corrected chi connectivity index (χ2v) is 8.09. The van der Waals surface area contributed by atoms with Gasteiger partial charge < -0.3 is 4.90 Å². The molecule has 0 bridgehead atoms. The number of rotatable bonds is 6. The Hall–Kier alpha value is -1.40. The average Bonchev–Trinajstić information content (AvgIpc) is 2.55. The van der Waals surface area contributed by atoms with E-state index in [2.05, 4.69) is 0 Å². The highest BCUT2D eigenvalue weighted by Crippen LogP contribution is 2.23. The third-order valence-corrected chi connectivity index (χ3v) is 5.75. The van der Waals surface area contributed by atoms with Crippen molar-refractivity contribution in [2.45, 2.75) is 38.6 Å². The van der Waals surface area contributed by atoms with Gasteiger partial charge >= 0.3 is 0 Å². The number of carbonyl (C=O) groups excluding carboxylic acids is 1. The average molecular weight is 338 g/mol. The Morgan fingerprint density at radius 3 is 2.35 bits per heavy atom. The fourth-order valence-electron chi connectivity index (χ4n) is 3.05. The van der Waals surface area contributed by atoms with Crippen LogP contribution in [-0.2, 0) is 14.8 Å². The van der Waals surface area contributed by atoms with Crippen LogP contribution in [0.3, 0.4) is 0 Å². The summed E-state index contributed by atoms with van der Waals surface area (Å²) in [5.41, 5.74) is 0.934. The van der Waals surface area contributed by atoms with Crippen molar-refractivity contribution in [3.63, 3.8) is 0 Å². The molecule has 128 valence electrons. The number of sulfonamides is 1. The SMILES string of the molecule is CC(c1ccccc1)N(CCC(=O)N1CCCCC1)S(C)(=O)=O. The molecule has 5 nitrogen and oxygen atoms in total. The molecular weight excluding hydrogens is 312 g/mol. The van der Waals surface area contributed by atoms with Crippen LogP contribution in [-0.4, -0.2) is 49.4 Å². The first-order chi connectivity index (χ1) is 10.9. The molecule has 1 unspecified atom stereocenters. The van der Waals surface area contributed by atoms with E-state index in [1.54, 1.807) is 0 Å². The molecule has 1 amide bonds. The summed E-state index contributed by atoms with van der Waals surface area (Å²) >= 11 is 0. The van der Waals surface area contributed by atoms with Crippen LogP contribution in [0.15, 0.2) is 30.3 Å². The fourth-order valence-corrected chi connectivity index (χ4v) is 4.17. The fraction of sp³-hybridized carbons (Fsp3) is 0.588. The molecule has 0 N–H and O–H groups in total. The lowest BCUT2D eigenvalue weighted by Gasteiger charge is -2.30. The van der Waals surface area contributed by atoms with Gasteiger partial charge in [0, 0.05) is 32.1 Å². The van der Waals surface area contributed by atoms with Crippen molar-refractivity contribution in [2.75, 3.05) is 25.9 Å². The molecule has 1 aliphatic heterocycles. The second kappa shape index (κ2) is 7.93. The Balaban J connectivity index is 2.03. The minimum Gasteiger partial charge on any atom is -0.343 e. The van der Waals surface area contributed by atoms with E-state index < -0.39 is 10.0 Å². The van der Waals surface area contributed by atoms with E-state index in [1.807, 2.05) is 42.2 Å². The molecule has 0 radical (unpaired) electrons. The third kappa shape index (κ3) is 5.04. The number of carbonyl (C=O) groups is 1. The monoisotopic (exact) mass is 338 g/mol. The number of amides is 1. The van der Waals surface area contributed by atoms with Crippen molar-refractivity contribution >= 4 is 15.9 Å². The van der Waals surface area contributed by atoms with Gasteiger partial charge in [-0.15, -0.1) is 0 Å². The summed E-state index contributed by atoms with van der Waals surface area (Å²) in [6.45, 7) is 3.68. The van der Waals surface area contributed by atoms with Crippen molar-refractivity contribution in [1.29, 1.82) is 0 Å². The van der Waals surface area contributed by atoms with E-state index in [1.165, 1.54) is 17.0 Å². The van der Waals surface area contributed by atoms with Crippen molar-refractivity contribution < 1.29 is 13.2 Å². The zero-order chi connectivity index (χ0) is 16.9. The van der Waals surface area contributed by atoms with Crippen LogP contribution in [0, 0.1) is 0 Å². The molecule has 1 atom stereocenters. The highest BCUT2D eigenvalue weighted by molar-refractivity contribution is 7.88. The van der Waals surface area contributed by atoms with Crippen molar-refractivity contribution in [3.8, 4) is 0 Å². The number of likely N-dealkylation sites (tertiary alicyclic amines) is 1. The summed E-state index contributed by atoms with van der Waals surface area (Å²) in [6.07, 6.45) is 4.70. The number of piperidine rings is 1. The largest absolute Gasteiger partial charge is 0.343 e. The van der Waals surface area contributed by atoms with Crippen LogP contribution in [0.1, 0.15) is 44.2 Å². The van der Waals surface area contributed by atoms with Crippen LogP contribution in [0.5, 0.6) is 0 Å². The molecule has 1 aromatic carbocycles. The normalized spacial score (nSPS) is 17.3. The maximum atomic E-state index is 12.3. The standard InChI is InChI=1S/C17H26N2O3S/c1-15(16-9-5-3-6-10-16)19(23(2,21)22)14-11-17(20)18-12-7-4-8-13-18/h3,5-6,9-10,15H,4,7-8,11-14H2,1-2H3. The topological polar surface area (TPSA) is 57.7 Å². The van der Waals surface area contributed by atoms with Crippen LogP contribution in [0.25, 0.3) is 0 Å². The molecule has 0 aromatic heterocycles. The third-order valence-electron chi connectivity index (χ3n) is 4.39. The van der Waals surface area contributed by atoms with Crippen LogP contribution in [0.2, 0.25) is 0 Å². The van der Waals surface area contributed by atoms with Gasteiger partial charge in [0.1, 0.15) is 0 Å². The molecule has 0 aliphatic carbocycles. The lowest BCUT2D eigenvalue weighted by atomic mass is 10.1. The molecule has 23 heavy (non-hydrogen) atoms. The minimum absolute atomic E-state index is 0.0543. The van der Waals surface area contributed by atoms with Gasteiger partial charge in [-0.3, -0.25) is 4.79 Å². The predicted octanol–water partition coefficient (Wildman–Crippen LogP) is 2.41. The van der Waals surface area contributed by atoms with Crippen LogP contribution in [0.4, 0.5) is 0 Å². The van der Waals surface area contributed by atoms with Gasteiger partial charge in [-0.1, -0.05) is 30.3 Å². The lowest BCUT2D eigenvalue weighted by molar-refractivity contribution is -0.132. The smallest absolute Gasteiger partial charge is 0.223 e. The van der Waals surface area contributed by atoms with Crippen molar-refractivity contribution in [3.05, 3.63) is 35.9 Å². The van der Waals surface area contributed by atoms with Crippen molar-refractivity contribution in [2.24, 2.45) is 0 Å². The lowest BCUT2D eigenvalue weighted by Crippen LogP contribution is -2.39. The highest BCUT2D eigenvalue weighted by Gasteiger charge is 2.26. The van der Waals surface area contributed by atoms with E-state index in [0.717, 1.165) is 31.5 Å². The van der Waals surface area contributed by atoms with Crippen LogP contribution < -0.4 is 0 Å². The molecule has 6 heteroatoms. The quantitative estimate of drug-likeness (QED) is 0.800. The van der Waals surface area contributed by atoms with E-state index >= 15 is 0 Å². The van der Waals surface area contributed by atoms with Gasteiger partial charge in [-0.05, 0) is 31.7 Å². The molecule has 1 heterocycles. The number of hydrogen-bond acceptors (Lipinski definition) is 3. The summed E-state index contributed by atoms with van der Waals surface area (Å²) in [5.74, 6) is 0.0543. The summed E-state index contributed by atoms with van der Waals surface area (Å²) in [6, 6.07) is 9.24. The van der Waals surface area contributed by atoms with Gasteiger partial charge in [0.2, 0.25) is 15.9 Å². The van der Waals surface area contributed by atoms with E-state index in [4.69, 9.17) is 0 Å². The number of benzene rings is 1. The van der Waals surface area contributed by atoms with Gasteiger partial charge in [0.15, 0.2) is 0 Å². The zero-order valence-corrected chi connectivity index (χ0v) is 14.8. The molecule has 0 saturated carbocycles. The highest BCUT2D eigenvalue weighted by atomic mass is 32.2. The molecule has 1 saturated heterocycles. The molecule has 1 aromatic rings. The zero-order valence-electron chi connectivity index (χ0n) is 13.9. The first-order valence-corrected chi connectivity index (χ1v) is 10.0. The van der Waals surface area contributed by atoms with Crippen LogP contribution >= 0.6 is 0 Å². The summed E-state index contributed by atoms with van der Waals surface area (Å²) < 4.78 is 25.7. The van der Waals surface area contributed by atoms with Gasteiger partial charge in [0.25, 0.3) is 0 Å². The Morgan fingerprint density at radius 1 is 1.17 bits per heavy atom. The second-order valence-electron chi connectivity index (χ2n) is 6.15. The Bertz CT molecular complexity index is 610. The first kappa shape index (κ1) is 17.9. The maximum absolute atomic E-state index is 12.3. The predicted molar refractivity (Wildman–Crippen MR) is 91.5 cm³/mol. The minimum atomic E-state index is -3.38. The molecular formula is C17H26N2O3S. The number of hydrogen-bond donors (Lipinski definition) is 0. The molecule has 1 aliphatic rings. The summed E-state index contributed by atoms with van der Waals surface area (Å²) in [4.78, 5) is 14.2. The Morgan fingerprint density at radius 2 is 1.78 bits per heavy atom.